The van der Waals surface area contributed by atoms with E-state index in [4.69, 9.17) is 4.74 Å². The van der Waals surface area contributed by atoms with Gasteiger partial charge in [-0.2, -0.15) is 0 Å². The van der Waals surface area contributed by atoms with E-state index in [2.05, 4.69) is 13.8 Å². The summed E-state index contributed by atoms with van der Waals surface area (Å²) in [5, 5.41) is 10.4. The molecule has 1 N–H and O–H groups in total. The van der Waals surface area contributed by atoms with Gasteiger partial charge < -0.3 is 9.84 Å². The fourth-order valence-corrected chi connectivity index (χ4v) is 6.14. The number of hydrogen-bond donors (Lipinski definition) is 1. The van der Waals surface area contributed by atoms with Gasteiger partial charge in [-0.3, -0.25) is 0 Å². The first kappa shape index (κ1) is 13.8. The van der Waals surface area contributed by atoms with Gasteiger partial charge in [0.1, 0.15) is 6.61 Å². The first-order chi connectivity index (χ1) is 9.95. The monoisotopic (exact) mass is 290 g/mol. The normalized spacial score (nSPS) is 52.3. The summed E-state index contributed by atoms with van der Waals surface area (Å²) in [5.74, 6) is 1.81. The van der Waals surface area contributed by atoms with E-state index in [0.717, 1.165) is 19.3 Å². The lowest BCUT2D eigenvalue weighted by Gasteiger charge is -2.57. The van der Waals surface area contributed by atoms with Gasteiger partial charge in [0.25, 0.3) is 0 Å². The van der Waals surface area contributed by atoms with Crippen LogP contribution in [0.2, 0.25) is 0 Å². The molecule has 1 aliphatic heterocycles. The number of hydrogen-bond acceptors (Lipinski definition) is 3. The van der Waals surface area contributed by atoms with Gasteiger partial charge in [-0.1, -0.05) is 19.4 Å². The fourth-order valence-electron chi connectivity index (χ4n) is 6.14. The second kappa shape index (κ2) is 4.34. The Morgan fingerprint density at radius 1 is 1.19 bits per heavy atom. The zero-order valence-corrected chi connectivity index (χ0v) is 13.1. The Morgan fingerprint density at radius 3 is 2.81 bits per heavy atom. The fraction of sp³-hybridized carbons (Fsp3) is 0.833. The highest BCUT2D eigenvalue weighted by Gasteiger charge is 2.59. The molecule has 21 heavy (non-hydrogen) atoms. The van der Waals surface area contributed by atoms with Crippen LogP contribution in [0.25, 0.3) is 0 Å². The Balaban J connectivity index is 1.69. The Labute approximate surface area is 126 Å². The highest BCUT2D eigenvalue weighted by Crippen LogP contribution is 2.64. The minimum Gasteiger partial charge on any atom is -0.462 e. The van der Waals surface area contributed by atoms with Crippen LogP contribution in [0.1, 0.15) is 52.4 Å². The van der Waals surface area contributed by atoms with Crippen LogP contribution in [0.4, 0.5) is 0 Å². The SMILES string of the molecule is C[C@]12CC[C@H]3[C@@H](CCC4=CC(=O)OC[C@@]43C)[C@@H]1CC[C@@H]2O. The molecule has 4 aliphatic rings. The average molecular weight is 290 g/mol. The Bertz CT molecular complexity index is 511. The van der Waals surface area contributed by atoms with Crippen molar-refractivity contribution in [3.8, 4) is 0 Å². The van der Waals surface area contributed by atoms with E-state index in [0.29, 0.717) is 24.4 Å². The maximum absolute atomic E-state index is 11.6. The van der Waals surface area contributed by atoms with Crippen molar-refractivity contribution < 1.29 is 14.6 Å². The number of carbonyl (C=O) groups is 1. The summed E-state index contributed by atoms with van der Waals surface area (Å²) in [6, 6.07) is 0. The molecule has 6 atom stereocenters. The number of ether oxygens (including phenoxy) is 1. The van der Waals surface area contributed by atoms with E-state index in [1.807, 2.05) is 0 Å². The van der Waals surface area contributed by atoms with Crippen molar-refractivity contribution in [3.63, 3.8) is 0 Å². The van der Waals surface area contributed by atoms with Crippen LogP contribution >= 0.6 is 0 Å². The summed E-state index contributed by atoms with van der Waals surface area (Å²) in [4.78, 5) is 11.6. The molecular weight excluding hydrogens is 264 g/mol. The summed E-state index contributed by atoms with van der Waals surface area (Å²) < 4.78 is 5.39. The third-order valence-electron chi connectivity index (χ3n) is 7.49. The number of esters is 1. The molecule has 1 heterocycles. The lowest BCUT2D eigenvalue weighted by atomic mass is 9.49. The molecule has 0 aromatic heterocycles. The summed E-state index contributed by atoms with van der Waals surface area (Å²) >= 11 is 0. The highest BCUT2D eigenvalue weighted by molar-refractivity contribution is 5.84. The van der Waals surface area contributed by atoms with E-state index >= 15 is 0 Å². The van der Waals surface area contributed by atoms with Gasteiger partial charge in [-0.05, 0) is 61.7 Å². The number of aliphatic hydroxyl groups excluding tert-OH is 1. The van der Waals surface area contributed by atoms with Crippen molar-refractivity contribution >= 4 is 5.97 Å². The molecule has 0 bridgehead atoms. The first-order valence-electron chi connectivity index (χ1n) is 8.51. The summed E-state index contributed by atoms with van der Waals surface area (Å²) in [6.07, 6.45) is 8.31. The number of rotatable bonds is 0. The van der Waals surface area contributed by atoms with Gasteiger partial charge in [0.2, 0.25) is 0 Å². The number of fused-ring (bicyclic) bond motifs is 5. The third kappa shape index (κ3) is 1.73. The number of carbonyl (C=O) groups excluding carboxylic acids is 1. The minimum absolute atomic E-state index is 0.0473. The van der Waals surface area contributed by atoms with Crippen LogP contribution < -0.4 is 0 Å². The molecule has 0 aromatic rings. The van der Waals surface area contributed by atoms with Crippen molar-refractivity contribution in [3.05, 3.63) is 11.6 Å². The number of aliphatic hydroxyl groups is 1. The molecule has 0 amide bonds. The molecule has 116 valence electrons. The van der Waals surface area contributed by atoms with Crippen LogP contribution in [0.3, 0.4) is 0 Å². The second-order valence-corrected chi connectivity index (χ2v) is 8.25. The molecule has 3 fully saturated rings. The molecule has 0 radical (unpaired) electrons. The van der Waals surface area contributed by atoms with Gasteiger partial charge >= 0.3 is 5.97 Å². The molecule has 0 aromatic carbocycles. The average Bonchev–Trinajstić information content (AvgIpc) is 2.76. The molecule has 4 rings (SSSR count). The first-order valence-corrected chi connectivity index (χ1v) is 8.51. The molecule has 0 spiro atoms. The van der Waals surface area contributed by atoms with Crippen LogP contribution in [-0.2, 0) is 9.53 Å². The largest absolute Gasteiger partial charge is 0.462 e. The Hall–Kier alpha value is -0.830. The van der Waals surface area contributed by atoms with E-state index in [-0.39, 0.29) is 22.9 Å². The highest BCUT2D eigenvalue weighted by atomic mass is 16.5. The molecule has 3 saturated carbocycles. The van der Waals surface area contributed by atoms with Crippen molar-refractivity contribution in [1.82, 2.24) is 0 Å². The lowest BCUT2D eigenvalue weighted by Crippen LogP contribution is -2.52. The maximum atomic E-state index is 11.6. The van der Waals surface area contributed by atoms with Crippen molar-refractivity contribution in [1.29, 1.82) is 0 Å². The maximum Gasteiger partial charge on any atom is 0.330 e. The molecule has 3 aliphatic carbocycles. The predicted molar refractivity (Wildman–Crippen MR) is 79.4 cm³/mol. The Morgan fingerprint density at radius 2 is 2.00 bits per heavy atom. The van der Waals surface area contributed by atoms with Gasteiger partial charge in [-0.15, -0.1) is 0 Å². The molecule has 0 saturated heterocycles. The quantitative estimate of drug-likeness (QED) is 0.697. The van der Waals surface area contributed by atoms with E-state index in [9.17, 15) is 9.90 Å². The summed E-state index contributed by atoms with van der Waals surface area (Å²) in [5.41, 5.74) is 1.50. The zero-order valence-electron chi connectivity index (χ0n) is 13.1. The van der Waals surface area contributed by atoms with Crippen molar-refractivity contribution in [2.75, 3.05) is 6.61 Å². The van der Waals surface area contributed by atoms with Crippen LogP contribution in [0.5, 0.6) is 0 Å². The van der Waals surface area contributed by atoms with Gasteiger partial charge in [0, 0.05) is 11.5 Å². The van der Waals surface area contributed by atoms with E-state index in [1.165, 1.54) is 24.8 Å². The molecular formula is C18H26O3. The van der Waals surface area contributed by atoms with E-state index in [1.54, 1.807) is 6.08 Å². The second-order valence-electron chi connectivity index (χ2n) is 8.25. The van der Waals surface area contributed by atoms with Crippen molar-refractivity contribution in [2.24, 2.45) is 28.6 Å². The molecule has 3 nitrogen and oxygen atoms in total. The topological polar surface area (TPSA) is 46.5 Å². The van der Waals surface area contributed by atoms with Crippen molar-refractivity contribution in [2.45, 2.75) is 58.5 Å². The smallest absolute Gasteiger partial charge is 0.330 e. The molecule has 3 heteroatoms. The Kier molecular flexibility index (Phi) is 2.86. The third-order valence-corrected chi connectivity index (χ3v) is 7.49. The summed E-state index contributed by atoms with van der Waals surface area (Å²) in [6.45, 7) is 5.17. The zero-order chi connectivity index (χ0) is 14.8. The molecule has 0 unspecified atom stereocenters. The predicted octanol–water partition coefficient (Wildman–Crippen LogP) is 3.07. The van der Waals surface area contributed by atoms with Gasteiger partial charge in [0.05, 0.1) is 6.10 Å². The van der Waals surface area contributed by atoms with Crippen LogP contribution in [0.15, 0.2) is 11.6 Å². The van der Waals surface area contributed by atoms with Gasteiger partial charge in [-0.25, -0.2) is 4.79 Å². The number of cyclic esters (lactones) is 1. The van der Waals surface area contributed by atoms with Gasteiger partial charge in [0.15, 0.2) is 0 Å². The summed E-state index contributed by atoms with van der Waals surface area (Å²) in [7, 11) is 0. The lowest BCUT2D eigenvalue weighted by molar-refractivity contribution is -0.149. The standard InChI is InChI=1S/C18H26O3/c1-17-8-7-14-12(13(17)5-6-15(17)19)4-3-11-9-16(20)21-10-18(11,14)2/h9,12-15,19H,3-8,10H2,1-2H3/t12-,13-,14-,15-,17-,18-/m0/s1. The van der Waals surface area contributed by atoms with E-state index < -0.39 is 0 Å². The van der Waals surface area contributed by atoms with Crippen LogP contribution in [0, 0.1) is 28.6 Å². The minimum atomic E-state index is -0.155. The van der Waals surface area contributed by atoms with Crippen LogP contribution in [-0.4, -0.2) is 23.8 Å².